The number of fused-ring (bicyclic) bond motifs is 1. The van der Waals surface area contributed by atoms with Gasteiger partial charge in [0.25, 0.3) is 0 Å². The quantitative estimate of drug-likeness (QED) is 0.414. The molecule has 0 fully saturated rings. The van der Waals surface area contributed by atoms with E-state index in [1.54, 1.807) is 30.3 Å². The number of aldehydes is 1. The third-order valence-corrected chi connectivity index (χ3v) is 3.24. The van der Waals surface area contributed by atoms with Gasteiger partial charge < -0.3 is 4.74 Å². The van der Waals surface area contributed by atoms with Crippen molar-refractivity contribution in [2.75, 3.05) is 0 Å². The van der Waals surface area contributed by atoms with E-state index in [-0.39, 0.29) is 0 Å². The van der Waals surface area contributed by atoms with Crippen LogP contribution in [0.15, 0.2) is 66.7 Å². The Morgan fingerprint density at radius 3 is 2.33 bits per heavy atom. The minimum atomic E-state index is -0.477. The maximum absolute atomic E-state index is 12.2. The summed E-state index contributed by atoms with van der Waals surface area (Å²) >= 11 is 0. The first kappa shape index (κ1) is 13.1. The number of hydrogen-bond acceptors (Lipinski definition) is 3. The Labute approximate surface area is 121 Å². The fourth-order valence-electron chi connectivity index (χ4n) is 2.19. The third-order valence-electron chi connectivity index (χ3n) is 3.24. The molecule has 0 aliphatic carbocycles. The lowest BCUT2D eigenvalue weighted by Gasteiger charge is -2.10. The van der Waals surface area contributed by atoms with Crippen LogP contribution < -0.4 is 4.74 Å². The molecule has 0 aliphatic rings. The number of benzene rings is 3. The lowest BCUT2D eigenvalue weighted by Crippen LogP contribution is -2.10. The number of carbonyl (C=O) groups is 2. The van der Waals surface area contributed by atoms with Crippen molar-refractivity contribution in [3.05, 3.63) is 77.9 Å². The predicted molar refractivity (Wildman–Crippen MR) is 80.7 cm³/mol. The van der Waals surface area contributed by atoms with Crippen molar-refractivity contribution in [3.8, 4) is 5.75 Å². The standard InChI is InChI=1S/C18H12O3/c19-12-15-11-10-13-6-4-5-9-16(13)17(15)21-18(20)14-7-2-1-3-8-14/h1-12H. The van der Waals surface area contributed by atoms with E-state index < -0.39 is 5.97 Å². The Morgan fingerprint density at radius 2 is 1.57 bits per heavy atom. The number of esters is 1. The van der Waals surface area contributed by atoms with Crippen molar-refractivity contribution in [3.63, 3.8) is 0 Å². The molecule has 3 aromatic carbocycles. The summed E-state index contributed by atoms with van der Waals surface area (Å²) in [7, 11) is 0. The molecule has 3 rings (SSSR count). The molecule has 21 heavy (non-hydrogen) atoms. The van der Waals surface area contributed by atoms with Gasteiger partial charge in [-0.1, -0.05) is 48.5 Å². The maximum Gasteiger partial charge on any atom is 0.343 e. The largest absolute Gasteiger partial charge is 0.421 e. The highest BCUT2D eigenvalue weighted by atomic mass is 16.5. The molecule has 0 aromatic heterocycles. The molecule has 102 valence electrons. The van der Waals surface area contributed by atoms with Crippen LogP contribution in [0.3, 0.4) is 0 Å². The van der Waals surface area contributed by atoms with E-state index in [9.17, 15) is 9.59 Å². The van der Waals surface area contributed by atoms with E-state index >= 15 is 0 Å². The Kier molecular flexibility index (Phi) is 3.48. The first-order valence-electron chi connectivity index (χ1n) is 6.54. The van der Waals surface area contributed by atoms with Gasteiger partial charge in [0.05, 0.1) is 11.1 Å². The van der Waals surface area contributed by atoms with Crippen LogP contribution >= 0.6 is 0 Å². The van der Waals surface area contributed by atoms with Crippen molar-refractivity contribution >= 4 is 23.0 Å². The van der Waals surface area contributed by atoms with E-state index in [1.807, 2.05) is 36.4 Å². The summed E-state index contributed by atoms with van der Waals surface area (Å²) in [5, 5.41) is 1.66. The molecular formula is C18H12O3. The topological polar surface area (TPSA) is 43.4 Å². The van der Waals surface area contributed by atoms with Gasteiger partial charge in [-0.2, -0.15) is 0 Å². The van der Waals surface area contributed by atoms with Crippen molar-refractivity contribution in [2.45, 2.75) is 0 Å². The Bertz CT molecular complexity index is 807. The molecule has 3 nitrogen and oxygen atoms in total. The lowest BCUT2D eigenvalue weighted by atomic mass is 10.1. The van der Waals surface area contributed by atoms with Gasteiger partial charge in [0, 0.05) is 5.39 Å². The van der Waals surface area contributed by atoms with Crippen LogP contribution in [0.2, 0.25) is 0 Å². The van der Waals surface area contributed by atoms with E-state index in [0.29, 0.717) is 23.2 Å². The molecule has 0 N–H and O–H groups in total. The highest BCUT2D eigenvalue weighted by Crippen LogP contribution is 2.29. The molecule has 0 bridgehead atoms. The highest BCUT2D eigenvalue weighted by molar-refractivity contribution is 6.00. The van der Waals surface area contributed by atoms with Gasteiger partial charge in [0.1, 0.15) is 5.75 Å². The van der Waals surface area contributed by atoms with Crippen molar-refractivity contribution in [2.24, 2.45) is 0 Å². The molecule has 0 saturated heterocycles. The summed E-state index contributed by atoms with van der Waals surface area (Å²) in [6.07, 6.45) is 0.694. The maximum atomic E-state index is 12.2. The summed E-state index contributed by atoms with van der Waals surface area (Å²) in [6.45, 7) is 0. The monoisotopic (exact) mass is 276 g/mol. The molecule has 0 radical (unpaired) electrons. The van der Waals surface area contributed by atoms with E-state index in [2.05, 4.69) is 0 Å². The molecule has 0 heterocycles. The Morgan fingerprint density at radius 1 is 0.857 bits per heavy atom. The summed E-state index contributed by atoms with van der Waals surface area (Å²) in [5.74, 6) is -0.174. The summed E-state index contributed by atoms with van der Waals surface area (Å²) in [6, 6.07) is 19.7. The molecule has 0 aliphatic heterocycles. The molecule has 3 heteroatoms. The normalized spacial score (nSPS) is 10.3. The first-order valence-corrected chi connectivity index (χ1v) is 6.54. The second kappa shape index (κ2) is 5.59. The van der Waals surface area contributed by atoms with Crippen molar-refractivity contribution in [1.29, 1.82) is 0 Å². The number of hydrogen-bond donors (Lipinski definition) is 0. The van der Waals surface area contributed by atoms with Crippen LogP contribution in [0.1, 0.15) is 20.7 Å². The van der Waals surface area contributed by atoms with Crippen molar-refractivity contribution in [1.82, 2.24) is 0 Å². The van der Waals surface area contributed by atoms with Crippen LogP contribution in [-0.2, 0) is 0 Å². The van der Waals surface area contributed by atoms with Crippen LogP contribution in [0.5, 0.6) is 5.75 Å². The molecule has 0 unspecified atom stereocenters. The van der Waals surface area contributed by atoms with Gasteiger partial charge in [-0.15, -0.1) is 0 Å². The molecule has 0 amide bonds. The highest BCUT2D eigenvalue weighted by Gasteiger charge is 2.14. The smallest absolute Gasteiger partial charge is 0.343 e. The zero-order chi connectivity index (χ0) is 14.7. The van der Waals surface area contributed by atoms with E-state index in [0.717, 1.165) is 10.8 Å². The fraction of sp³-hybridized carbons (Fsp3) is 0. The minimum absolute atomic E-state index is 0.303. The fourth-order valence-corrected chi connectivity index (χ4v) is 2.19. The molecule has 0 atom stereocenters. The average molecular weight is 276 g/mol. The van der Waals surface area contributed by atoms with Crippen LogP contribution in [0.4, 0.5) is 0 Å². The van der Waals surface area contributed by atoms with Gasteiger partial charge in [-0.05, 0) is 23.6 Å². The second-order valence-electron chi connectivity index (χ2n) is 4.58. The van der Waals surface area contributed by atoms with Gasteiger partial charge in [0.2, 0.25) is 0 Å². The second-order valence-corrected chi connectivity index (χ2v) is 4.58. The zero-order valence-electron chi connectivity index (χ0n) is 11.2. The van der Waals surface area contributed by atoms with Crippen molar-refractivity contribution < 1.29 is 14.3 Å². The third kappa shape index (κ3) is 2.54. The Balaban J connectivity index is 2.07. The minimum Gasteiger partial charge on any atom is -0.421 e. The Hall–Kier alpha value is -2.94. The predicted octanol–water partition coefficient (Wildman–Crippen LogP) is 3.87. The van der Waals surface area contributed by atoms with Gasteiger partial charge in [0.15, 0.2) is 6.29 Å². The average Bonchev–Trinajstić information content (AvgIpc) is 2.56. The van der Waals surface area contributed by atoms with E-state index in [1.165, 1.54) is 0 Å². The van der Waals surface area contributed by atoms with Gasteiger partial charge >= 0.3 is 5.97 Å². The lowest BCUT2D eigenvalue weighted by molar-refractivity contribution is 0.0736. The van der Waals surface area contributed by atoms with E-state index in [4.69, 9.17) is 4.74 Å². The summed E-state index contributed by atoms with van der Waals surface area (Å²) in [4.78, 5) is 23.4. The number of ether oxygens (including phenoxy) is 1. The number of rotatable bonds is 3. The molecule has 0 spiro atoms. The van der Waals surface area contributed by atoms with Crippen LogP contribution in [0, 0.1) is 0 Å². The first-order chi connectivity index (χ1) is 10.3. The molecule has 0 saturated carbocycles. The summed E-state index contributed by atoms with van der Waals surface area (Å²) < 4.78 is 5.47. The van der Waals surface area contributed by atoms with Gasteiger partial charge in [-0.25, -0.2) is 4.79 Å². The number of carbonyl (C=O) groups excluding carboxylic acids is 2. The van der Waals surface area contributed by atoms with Gasteiger partial charge in [-0.3, -0.25) is 4.79 Å². The van der Waals surface area contributed by atoms with Crippen LogP contribution in [0.25, 0.3) is 10.8 Å². The molecule has 3 aromatic rings. The zero-order valence-corrected chi connectivity index (χ0v) is 11.2. The van der Waals surface area contributed by atoms with Crippen LogP contribution in [-0.4, -0.2) is 12.3 Å². The summed E-state index contributed by atoms with van der Waals surface area (Å²) in [5.41, 5.74) is 0.806. The SMILES string of the molecule is O=Cc1ccc2ccccc2c1OC(=O)c1ccccc1. The molecular weight excluding hydrogens is 264 g/mol.